The Labute approximate surface area is 148 Å². The van der Waals surface area contributed by atoms with E-state index in [0.717, 1.165) is 16.6 Å². The average molecular weight is 347 g/mol. The van der Waals surface area contributed by atoms with Crippen LogP contribution in [0.15, 0.2) is 54.6 Å². The highest BCUT2D eigenvalue weighted by atomic mass is 19.1. The van der Waals surface area contributed by atoms with Crippen LogP contribution in [-0.4, -0.2) is 26.1 Å². The van der Waals surface area contributed by atoms with Gasteiger partial charge in [0.1, 0.15) is 5.82 Å². The number of halogens is 1. The summed E-state index contributed by atoms with van der Waals surface area (Å²) in [5.74, 6) is -0.0676. The number of aromatic amines is 1. The van der Waals surface area contributed by atoms with Crippen LogP contribution in [0.5, 0.6) is 0 Å². The molecule has 0 aliphatic heterocycles. The summed E-state index contributed by atoms with van der Waals surface area (Å²) in [5, 5.41) is 10.2. The zero-order valence-corrected chi connectivity index (χ0v) is 13.8. The fraction of sp³-hybridized carbons (Fsp3) is 0.0526. The molecule has 0 aliphatic rings. The fourth-order valence-corrected chi connectivity index (χ4v) is 2.72. The number of aromatic nitrogens is 4. The number of carbonyl (C=O) groups excluding carboxylic acids is 1. The second-order valence-electron chi connectivity index (χ2n) is 5.80. The van der Waals surface area contributed by atoms with E-state index in [1.54, 1.807) is 18.2 Å². The van der Waals surface area contributed by atoms with E-state index in [1.807, 2.05) is 31.2 Å². The van der Waals surface area contributed by atoms with Crippen LogP contribution in [0.1, 0.15) is 16.1 Å². The highest BCUT2D eigenvalue weighted by Crippen LogP contribution is 2.20. The Kier molecular flexibility index (Phi) is 3.89. The molecule has 0 saturated heterocycles. The van der Waals surface area contributed by atoms with Crippen molar-refractivity contribution < 1.29 is 9.18 Å². The highest BCUT2D eigenvalue weighted by molar-refractivity contribution is 6.11. The lowest BCUT2D eigenvalue weighted by Crippen LogP contribution is -2.14. The predicted molar refractivity (Wildman–Crippen MR) is 96.2 cm³/mol. The number of rotatable bonds is 3. The molecule has 2 heterocycles. The van der Waals surface area contributed by atoms with E-state index in [-0.39, 0.29) is 17.7 Å². The Morgan fingerprint density at radius 2 is 1.85 bits per heavy atom. The van der Waals surface area contributed by atoms with E-state index in [0.29, 0.717) is 17.0 Å². The SMILES string of the molecule is Cc1cc(C(=O)Nc2n[nH]c(-c3ccc(F)cc3)n2)c2ccccc2n1. The van der Waals surface area contributed by atoms with E-state index in [1.165, 1.54) is 12.1 Å². The minimum absolute atomic E-state index is 0.146. The summed E-state index contributed by atoms with van der Waals surface area (Å²) in [6.07, 6.45) is 0. The third-order valence-corrected chi connectivity index (χ3v) is 3.92. The molecule has 0 fully saturated rings. The lowest BCUT2D eigenvalue weighted by atomic mass is 10.1. The van der Waals surface area contributed by atoms with Crippen molar-refractivity contribution in [2.24, 2.45) is 0 Å². The number of benzene rings is 2. The van der Waals surface area contributed by atoms with Gasteiger partial charge in [0.2, 0.25) is 5.95 Å². The lowest BCUT2D eigenvalue weighted by Gasteiger charge is -2.06. The number of pyridine rings is 1. The molecule has 26 heavy (non-hydrogen) atoms. The van der Waals surface area contributed by atoms with Crippen LogP contribution in [-0.2, 0) is 0 Å². The Bertz CT molecular complexity index is 1100. The molecule has 6 nitrogen and oxygen atoms in total. The molecule has 0 radical (unpaired) electrons. The normalized spacial score (nSPS) is 10.8. The maximum Gasteiger partial charge on any atom is 0.258 e. The summed E-state index contributed by atoms with van der Waals surface area (Å²) >= 11 is 0. The number of nitrogens with zero attached hydrogens (tertiary/aromatic N) is 3. The van der Waals surface area contributed by atoms with Crippen molar-refractivity contribution in [3.05, 3.63) is 71.7 Å². The van der Waals surface area contributed by atoms with Crippen molar-refractivity contribution in [1.82, 2.24) is 20.2 Å². The van der Waals surface area contributed by atoms with Gasteiger partial charge < -0.3 is 0 Å². The molecule has 0 saturated carbocycles. The van der Waals surface area contributed by atoms with Gasteiger partial charge in [-0.3, -0.25) is 20.2 Å². The first kappa shape index (κ1) is 15.9. The van der Waals surface area contributed by atoms with Gasteiger partial charge in [0.05, 0.1) is 11.1 Å². The molecule has 0 atom stereocenters. The number of fused-ring (bicyclic) bond motifs is 1. The molecule has 2 aromatic heterocycles. The first-order chi connectivity index (χ1) is 12.6. The van der Waals surface area contributed by atoms with Gasteiger partial charge >= 0.3 is 0 Å². The molecule has 128 valence electrons. The maximum atomic E-state index is 13.0. The van der Waals surface area contributed by atoms with Crippen LogP contribution in [0.2, 0.25) is 0 Å². The summed E-state index contributed by atoms with van der Waals surface area (Å²) in [5.41, 5.74) is 2.67. The van der Waals surface area contributed by atoms with E-state index in [4.69, 9.17) is 0 Å². The van der Waals surface area contributed by atoms with Crippen molar-refractivity contribution >= 4 is 22.8 Å². The number of nitrogens with one attached hydrogen (secondary N) is 2. The van der Waals surface area contributed by atoms with Gasteiger partial charge in [-0.15, -0.1) is 5.10 Å². The number of para-hydroxylation sites is 1. The minimum Gasteiger partial charge on any atom is -0.289 e. The molecular formula is C19H14FN5O. The lowest BCUT2D eigenvalue weighted by molar-refractivity contribution is 0.102. The molecule has 2 N–H and O–H groups in total. The van der Waals surface area contributed by atoms with E-state index in [2.05, 4.69) is 25.5 Å². The van der Waals surface area contributed by atoms with Crippen LogP contribution in [0.4, 0.5) is 10.3 Å². The van der Waals surface area contributed by atoms with E-state index < -0.39 is 0 Å². The Morgan fingerprint density at radius 1 is 1.08 bits per heavy atom. The van der Waals surface area contributed by atoms with Crippen molar-refractivity contribution in [2.45, 2.75) is 6.92 Å². The molecule has 2 aromatic carbocycles. The van der Waals surface area contributed by atoms with E-state index in [9.17, 15) is 9.18 Å². The third kappa shape index (κ3) is 3.02. The zero-order valence-electron chi connectivity index (χ0n) is 13.8. The molecular weight excluding hydrogens is 333 g/mol. The molecule has 1 amide bonds. The van der Waals surface area contributed by atoms with Gasteiger partial charge in [-0.25, -0.2) is 4.39 Å². The number of amides is 1. The number of hydrogen-bond acceptors (Lipinski definition) is 4. The van der Waals surface area contributed by atoms with E-state index >= 15 is 0 Å². The standard InChI is InChI=1S/C19H14FN5O/c1-11-10-15(14-4-2-3-5-16(14)21-11)18(26)23-19-22-17(24-25-19)12-6-8-13(20)9-7-12/h2-10H,1H3,(H2,22,23,24,25,26). The predicted octanol–water partition coefficient (Wildman–Crippen LogP) is 3.72. The van der Waals surface area contributed by atoms with Crippen molar-refractivity contribution in [1.29, 1.82) is 0 Å². The molecule has 0 unspecified atom stereocenters. The van der Waals surface area contributed by atoms with Gasteiger partial charge in [0.25, 0.3) is 5.91 Å². The van der Waals surface area contributed by atoms with Crippen LogP contribution in [0.3, 0.4) is 0 Å². The number of anilines is 1. The van der Waals surface area contributed by atoms with Crippen LogP contribution in [0, 0.1) is 12.7 Å². The van der Waals surface area contributed by atoms with Crippen LogP contribution in [0.25, 0.3) is 22.3 Å². The summed E-state index contributed by atoms with van der Waals surface area (Å²) in [7, 11) is 0. The Morgan fingerprint density at radius 3 is 2.65 bits per heavy atom. The highest BCUT2D eigenvalue weighted by Gasteiger charge is 2.14. The number of H-pyrrole nitrogens is 1. The maximum absolute atomic E-state index is 13.0. The number of hydrogen-bond donors (Lipinski definition) is 2. The Hall–Kier alpha value is -3.61. The van der Waals surface area contributed by atoms with Gasteiger partial charge in [0, 0.05) is 16.6 Å². The summed E-state index contributed by atoms with van der Waals surface area (Å²) < 4.78 is 13.0. The van der Waals surface area contributed by atoms with Crippen molar-refractivity contribution in [2.75, 3.05) is 5.32 Å². The molecule has 4 rings (SSSR count). The summed E-state index contributed by atoms with van der Waals surface area (Å²) in [4.78, 5) is 21.4. The Balaban J connectivity index is 1.62. The zero-order chi connectivity index (χ0) is 18.1. The topological polar surface area (TPSA) is 83.6 Å². The van der Waals surface area contributed by atoms with Gasteiger partial charge in [-0.1, -0.05) is 18.2 Å². The monoisotopic (exact) mass is 347 g/mol. The second-order valence-corrected chi connectivity index (χ2v) is 5.80. The first-order valence-electron chi connectivity index (χ1n) is 7.96. The smallest absolute Gasteiger partial charge is 0.258 e. The number of aryl methyl sites for hydroxylation is 1. The van der Waals surface area contributed by atoms with Gasteiger partial charge in [-0.2, -0.15) is 4.98 Å². The van der Waals surface area contributed by atoms with Gasteiger partial charge in [-0.05, 0) is 43.3 Å². The largest absolute Gasteiger partial charge is 0.289 e. The molecule has 0 bridgehead atoms. The fourth-order valence-electron chi connectivity index (χ4n) is 2.72. The van der Waals surface area contributed by atoms with Gasteiger partial charge in [0.15, 0.2) is 5.82 Å². The first-order valence-corrected chi connectivity index (χ1v) is 7.96. The third-order valence-electron chi connectivity index (χ3n) is 3.92. The molecule has 7 heteroatoms. The van der Waals surface area contributed by atoms with Crippen LogP contribution < -0.4 is 5.32 Å². The van der Waals surface area contributed by atoms with Crippen LogP contribution >= 0.6 is 0 Å². The number of carbonyl (C=O) groups is 1. The summed E-state index contributed by atoms with van der Waals surface area (Å²) in [6, 6.07) is 15.0. The summed E-state index contributed by atoms with van der Waals surface area (Å²) in [6.45, 7) is 1.84. The minimum atomic E-state index is -0.332. The second kappa shape index (κ2) is 6.36. The van der Waals surface area contributed by atoms with Crippen molar-refractivity contribution in [3.63, 3.8) is 0 Å². The molecule has 0 aliphatic carbocycles. The quantitative estimate of drug-likeness (QED) is 0.592. The molecule has 0 spiro atoms. The average Bonchev–Trinajstić information content (AvgIpc) is 3.10. The molecule has 4 aromatic rings. The van der Waals surface area contributed by atoms with Crippen molar-refractivity contribution in [3.8, 4) is 11.4 Å².